The Morgan fingerprint density at radius 1 is 1.11 bits per heavy atom. The van der Waals surface area contributed by atoms with Crippen molar-refractivity contribution in [2.24, 2.45) is 4.99 Å². The molecule has 222 valence electrons. The third-order valence-electron chi connectivity index (χ3n) is 6.87. The maximum absolute atomic E-state index is 13.9. The highest BCUT2D eigenvalue weighted by atomic mass is 79.9. The normalized spacial score (nSPS) is 14.8. The first kappa shape index (κ1) is 29.5. The number of aromatic nitrogens is 1. The fourth-order valence-electron chi connectivity index (χ4n) is 4.85. The van der Waals surface area contributed by atoms with E-state index in [-0.39, 0.29) is 22.9 Å². The second-order valence-corrected chi connectivity index (χ2v) is 12.0. The number of hydrogen-bond donors (Lipinski definition) is 0. The van der Waals surface area contributed by atoms with E-state index in [0.717, 1.165) is 21.4 Å². The Morgan fingerprint density at radius 3 is 2.55 bits per heavy atom. The Hall–Kier alpha value is -4.52. The van der Waals surface area contributed by atoms with Crippen LogP contribution in [-0.4, -0.2) is 22.1 Å². The van der Waals surface area contributed by atoms with Gasteiger partial charge >= 0.3 is 5.97 Å². The van der Waals surface area contributed by atoms with Gasteiger partial charge in [-0.05, 0) is 62.4 Å². The Labute approximate surface area is 266 Å². The van der Waals surface area contributed by atoms with E-state index in [9.17, 15) is 19.7 Å². The summed E-state index contributed by atoms with van der Waals surface area (Å²) >= 11 is 10.5. The number of furan rings is 2. The molecular weight excluding hydrogens is 674 g/mol. The number of fused-ring (bicyclic) bond motifs is 1. The van der Waals surface area contributed by atoms with E-state index in [1.165, 1.54) is 16.7 Å². The van der Waals surface area contributed by atoms with Crippen molar-refractivity contribution in [2.45, 2.75) is 19.9 Å². The first-order valence-electron chi connectivity index (χ1n) is 13.2. The van der Waals surface area contributed by atoms with Crippen LogP contribution < -0.4 is 14.9 Å². The average Bonchev–Trinajstić information content (AvgIpc) is 3.73. The summed E-state index contributed by atoms with van der Waals surface area (Å²) in [5.41, 5.74) is 1.24. The molecule has 5 aromatic rings. The third-order valence-corrected chi connectivity index (χ3v) is 8.70. The van der Waals surface area contributed by atoms with Crippen LogP contribution in [0.1, 0.15) is 31.4 Å². The molecule has 0 amide bonds. The van der Waals surface area contributed by atoms with Gasteiger partial charge in [0.15, 0.2) is 4.80 Å². The fraction of sp³-hybridized carbons (Fsp3) is 0.129. The Morgan fingerprint density at radius 2 is 1.82 bits per heavy atom. The van der Waals surface area contributed by atoms with Crippen LogP contribution in [0.15, 0.2) is 101 Å². The summed E-state index contributed by atoms with van der Waals surface area (Å²) in [6, 6.07) is 17.8. The predicted octanol–water partition coefficient (Wildman–Crippen LogP) is 6.64. The van der Waals surface area contributed by atoms with E-state index < -0.39 is 22.5 Å². The molecule has 1 aliphatic rings. The van der Waals surface area contributed by atoms with Crippen molar-refractivity contribution in [1.29, 1.82) is 0 Å². The van der Waals surface area contributed by atoms with Crippen molar-refractivity contribution < 1.29 is 23.3 Å². The number of allylic oxidation sites excluding steroid dienone is 1. The second-order valence-electron chi connectivity index (χ2n) is 9.64. The Balaban J connectivity index is 1.44. The molecule has 4 heterocycles. The molecule has 10 nitrogen and oxygen atoms in total. The molecule has 44 heavy (non-hydrogen) atoms. The maximum atomic E-state index is 13.9. The van der Waals surface area contributed by atoms with Gasteiger partial charge in [-0.3, -0.25) is 19.5 Å². The van der Waals surface area contributed by atoms with Gasteiger partial charge in [0.25, 0.3) is 11.2 Å². The second kappa shape index (κ2) is 11.9. The minimum Gasteiger partial charge on any atom is -0.463 e. The molecular formula is C31H21BrClN3O7S. The van der Waals surface area contributed by atoms with E-state index in [2.05, 4.69) is 20.9 Å². The summed E-state index contributed by atoms with van der Waals surface area (Å²) in [6.07, 6.45) is 1.56. The SMILES string of the molecule is CCOC(=O)C1=C(C)N=c2s/c(=C\c3ccc(-c4ccc(Cl)c([N+](=O)[O-])c4)o3)c(=O)n2[C@H]1c1ccc(-c2ccc(Br)cc2)o1. The van der Waals surface area contributed by atoms with Crippen LogP contribution in [0.4, 0.5) is 5.69 Å². The zero-order valence-corrected chi connectivity index (χ0v) is 26.2. The number of nitrogens with zero attached hydrogens (tertiary/aromatic N) is 3. The summed E-state index contributed by atoms with van der Waals surface area (Å²) in [6.45, 7) is 3.54. The molecule has 0 saturated heterocycles. The molecule has 0 saturated carbocycles. The van der Waals surface area contributed by atoms with Crippen LogP contribution in [0.5, 0.6) is 0 Å². The lowest BCUT2D eigenvalue weighted by molar-refractivity contribution is -0.384. The smallest absolute Gasteiger partial charge is 0.338 e. The highest BCUT2D eigenvalue weighted by molar-refractivity contribution is 9.10. The summed E-state index contributed by atoms with van der Waals surface area (Å²) in [5.74, 6) is 1.05. The maximum Gasteiger partial charge on any atom is 0.338 e. The molecule has 0 unspecified atom stereocenters. The number of carbonyl (C=O) groups is 1. The summed E-state index contributed by atoms with van der Waals surface area (Å²) in [5, 5.41) is 11.3. The third kappa shape index (κ3) is 5.47. The number of nitro groups is 1. The number of carbonyl (C=O) groups excluding carboxylic acids is 1. The zero-order chi connectivity index (χ0) is 31.1. The van der Waals surface area contributed by atoms with Gasteiger partial charge in [-0.1, -0.05) is 51.0 Å². The zero-order valence-electron chi connectivity index (χ0n) is 23.1. The number of esters is 1. The fourth-order valence-corrected chi connectivity index (χ4v) is 6.33. The standard InChI is InChI=1S/C31H21BrClN3O7S/c1-3-41-30(38)27-16(2)34-31-35(28(27)25-13-12-23(43-25)17-4-7-19(32)8-5-17)29(37)26(44-31)15-20-9-11-24(42-20)18-6-10-21(33)22(14-18)36(39)40/h4-15,28H,3H2,1-2H3/b26-15-/t28-/m0/s1. The first-order chi connectivity index (χ1) is 21.1. The van der Waals surface area contributed by atoms with E-state index in [1.807, 2.05) is 24.3 Å². The van der Waals surface area contributed by atoms with Gasteiger partial charge in [0.05, 0.1) is 27.3 Å². The van der Waals surface area contributed by atoms with Gasteiger partial charge < -0.3 is 13.6 Å². The molecule has 0 fully saturated rings. The topological polar surface area (TPSA) is 130 Å². The lowest BCUT2D eigenvalue weighted by Gasteiger charge is -2.22. The lowest BCUT2D eigenvalue weighted by Crippen LogP contribution is -2.39. The number of benzene rings is 2. The average molecular weight is 695 g/mol. The van der Waals surface area contributed by atoms with Crippen molar-refractivity contribution in [3.8, 4) is 22.6 Å². The number of nitro benzene ring substituents is 1. The number of hydrogen-bond acceptors (Lipinski definition) is 9. The van der Waals surface area contributed by atoms with Crippen LogP contribution in [0.25, 0.3) is 28.7 Å². The van der Waals surface area contributed by atoms with Gasteiger partial charge in [0, 0.05) is 27.7 Å². The molecule has 0 N–H and O–H groups in total. The lowest BCUT2D eigenvalue weighted by atomic mass is 10.0. The van der Waals surface area contributed by atoms with Crippen LogP contribution >= 0.6 is 38.9 Å². The number of ether oxygens (including phenoxy) is 1. The molecule has 6 rings (SSSR count). The van der Waals surface area contributed by atoms with Crippen LogP contribution in [0, 0.1) is 10.1 Å². The molecule has 13 heteroatoms. The van der Waals surface area contributed by atoms with Crippen LogP contribution in [0.2, 0.25) is 5.02 Å². The van der Waals surface area contributed by atoms with E-state index in [0.29, 0.717) is 43.6 Å². The molecule has 3 aromatic heterocycles. The molecule has 1 aliphatic heterocycles. The molecule has 0 radical (unpaired) electrons. The van der Waals surface area contributed by atoms with Gasteiger partial charge in [-0.15, -0.1) is 0 Å². The highest BCUT2D eigenvalue weighted by Crippen LogP contribution is 2.35. The monoisotopic (exact) mass is 693 g/mol. The van der Waals surface area contributed by atoms with Crippen molar-refractivity contribution in [3.63, 3.8) is 0 Å². The number of thiazole rings is 1. The summed E-state index contributed by atoms with van der Waals surface area (Å²) in [4.78, 5) is 42.8. The van der Waals surface area contributed by atoms with Gasteiger partial charge in [0.2, 0.25) is 0 Å². The van der Waals surface area contributed by atoms with E-state index in [4.69, 9.17) is 25.2 Å². The molecule has 1 atom stereocenters. The van der Waals surface area contributed by atoms with E-state index >= 15 is 0 Å². The van der Waals surface area contributed by atoms with Crippen molar-refractivity contribution >= 4 is 56.6 Å². The van der Waals surface area contributed by atoms with Gasteiger partial charge in [-0.25, -0.2) is 9.79 Å². The minimum absolute atomic E-state index is 0.0131. The molecule has 2 aromatic carbocycles. The first-order valence-corrected chi connectivity index (χ1v) is 15.2. The molecule has 0 spiro atoms. The Kier molecular flexibility index (Phi) is 7.97. The summed E-state index contributed by atoms with van der Waals surface area (Å²) < 4.78 is 20.2. The quantitative estimate of drug-likeness (QED) is 0.106. The van der Waals surface area contributed by atoms with E-state index in [1.54, 1.807) is 50.3 Å². The van der Waals surface area contributed by atoms with Crippen molar-refractivity contribution in [1.82, 2.24) is 4.57 Å². The largest absolute Gasteiger partial charge is 0.463 e. The highest BCUT2D eigenvalue weighted by Gasteiger charge is 2.35. The van der Waals surface area contributed by atoms with Crippen molar-refractivity contribution in [3.05, 3.63) is 129 Å². The number of rotatable bonds is 7. The van der Waals surface area contributed by atoms with Crippen molar-refractivity contribution in [2.75, 3.05) is 6.61 Å². The molecule has 0 aliphatic carbocycles. The number of halogens is 2. The predicted molar refractivity (Wildman–Crippen MR) is 168 cm³/mol. The van der Waals surface area contributed by atoms with Crippen LogP contribution in [0.3, 0.4) is 0 Å². The summed E-state index contributed by atoms with van der Waals surface area (Å²) in [7, 11) is 0. The van der Waals surface area contributed by atoms with Crippen LogP contribution in [-0.2, 0) is 9.53 Å². The van der Waals surface area contributed by atoms with Gasteiger partial charge in [0.1, 0.15) is 34.1 Å². The minimum atomic E-state index is -0.918. The molecule has 0 bridgehead atoms. The Bertz CT molecular complexity index is 2160. The van der Waals surface area contributed by atoms with Gasteiger partial charge in [-0.2, -0.15) is 0 Å².